The second kappa shape index (κ2) is 15.4. The number of aliphatic hydroxyl groups is 1. The fourth-order valence-corrected chi connectivity index (χ4v) is 5.63. The molecule has 2 atom stereocenters. The topological polar surface area (TPSA) is 101 Å². The first-order valence-electron chi connectivity index (χ1n) is 14.7. The van der Waals surface area contributed by atoms with E-state index in [-0.39, 0.29) is 18.9 Å². The van der Waals surface area contributed by atoms with Gasteiger partial charge in [0.2, 0.25) is 5.90 Å². The molecule has 10 heteroatoms. The first-order chi connectivity index (χ1) is 21.9. The Balaban J connectivity index is 1.49. The fourth-order valence-electron chi connectivity index (χ4n) is 5.15. The van der Waals surface area contributed by atoms with Gasteiger partial charge in [-0.3, -0.25) is 10.2 Å². The van der Waals surface area contributed by atoms with Crippen molar-refractivity contribution in [1.29, 1.82) is 0 Å². The van der Waals surface area contributed by atoms with Crippen molar-refractivity contribution in [3.05, 3.63) is 129 Å². The predicted molar refractivity (Wildman–Crippen MR) is 179 cm³/mol. The quantitative estimate of drug-likeness (QED) is 0.107. The van der Waals surface area contributed by atoms with Gasteiger partial charge in [0, 0.05) is 41.1 Å². The zero-order valence-corrected chi connectivity index (χ0v) is 27.2. The Morgan fingerprint density at radius 1 is 1.00 bits per heavy atom. The molecule has 5 rings (SSSR count). The molecule has 1 heterocycles. The van der Waals surface area contributed by atoms with Crippen LogP contribution in [0.15, 0.2) is 107 Å². The summed E-state index contributed by atoms with van der Waals surface area (Å²) in [5.41, 5.74) is 8.09. The number of nitrogens with one attached hydrogen (secondary N) is 2. The first kappa shape index (κ1) is 32.5. The molecule has 1 amide bonds. The summed E-state index contributed by atoms with van der Waals surface area (Å²) in [6.45, 7) is 0.956. The summed E-state index contributed by atoms with van der Waals surface area (Å²) >= 11 is 9.66. The Bertz CT molecular complexity index is 1620. The van der Waals surface area contributed by atoms with Gasteiger partial charge in [-0.05, 0) is 83.8 Å². The molecule has 234 valence electrons. The molecule has 8 nitrogen and oxygen atoms in total. The SMILES string of the molecule is COc1cccc([C@@H]2OC(c3ccc(OCCCO)cc3)=N[C@]2(Cc2ccc(Br)cc2)C(=O)NNCCc2cccc(Cl)c2)c1. The molecule has 1 aliphatic heterocycles. The lowest BCUT2D eigenvalue weighted by molar-refractivity contribution is -0.130. The van der Waals surface area contributed by atoms with Gasteiger partial charge >= 0.3 is 0 Å². The zero-order valence-electron chi connectivity index (χ0n) is 24.8. The number of aliphatic imine (C=N–C) groups is 1. The minimum Gasteiger partial charge on any atom is -0.497 e. The summed E-state index contributed by atoms with van der Waals surface area (Å²) in [6.07, 6.45) is 0.718. The monoisotopic (exact) mass is 691 g/mol. The van der Waals surface area contributed by atoms with Crippen LogP contribution in [0, 0.1) is 0 Å². The van der Waals surface area contributed by atoms with Crippen molar-refractivity contribution in [1.82, 2.24) is 10.9 Å². The zero-order chi connectivity index (χ0) is 31.6. The van der Waals surface area contributed by atoms with E-state index >= 15 is 0 Å². The summed E-state index contributed by atoms with van der Waals surface area (Å²) in [5, 5.41) is 9.73. The van der Waals surface area contributed by atoms with Crippen molar-refractivity contribution in [2.45, 2.75) is 30.9 Å². The molecule has 4 aromatic rings. The van der Waals surface area contributed by atoms with Crippen LogP contribution in [0.3, 0.4) is 0 Å². The molecule has 0 fully saturated rings. The number of amides is 1. The molecular weight excluding hydrogens is 658 g/mol. The van der Waals surface area contributed by atoms with Crippen molar-refractivity contribution in [2.24, 2.45) is 4.99 Å². The number of nitrogens with zero attached hydrogens (tertiary/aromatic N) is 1. The van der Waals surface area contributed by atoms with Gasteiger partial charge in [0.15, 0.2) is 11.6 Å². The standard InChI is InChI=1S/C35H35BrClN3O5/c1-43-31-8-3-6-27(22-31)32-35(23-25-9-13-28(36)14-10-25,34(42)40-38-18-17-24-5-2-7-29(37)21-24)39-33(45-32)26-11-15-30(16-12-26)44-20-4-19-41/h2-3,5-16,21-22,32,38,41H,4,17-20,23H2,1H3,(H,40,42)/t32-,35-/m0/s1. The Morgan fingerprint density at radius 2 is 1.78 bits per heavy atom. The van der Waals surface area contributed by atoms with Gasteiger partial charge in [0.25, 0.3) is 5.91 Å². The molecular formula is C35H35BrClN3O5. The lowest BCUT2D eigenvalue weighted by Crippen LogP contribution is -2.54. The number of methoxy groups -OCH3 is 1. The molecule has 0 unspecified atom stereocenters. The molecule has 1 aliphatic rings. The Hall–Kier alpha value is -3.89. The number of ether oxygens (including phenoxy) is 3. The average Bonchev–Trinajstić information content (AvgIpc) is 3.45. The number of carbonyl (C=O) groups is 1. The third kappa shape index (κ3) is 8.23. The van der Waals surface area contributed by atoms with Gasteiger partial charge in [-0.2, -0.15) is 0 Å². The van der Waals surface area contributed by atoms with Gasteiger partial charge in [0.1, 0.15) is 11.5 Å². The van der Waals surface area contributed by atoms with Crippen molar-refractivity contribution in [3.8, 4) is 11.5 Å². The molecule has 4 aromatic carbocycles. The van der Waals surface area contributed by atoms with Crippen LogP contribution >= 0.6 is 27.5 Å². The van der Waals surface area contributed by atoms with Gasteiger partial charge in [0.05, 0.1) is 13.7 Å². The van der Waals surface area contributed by atoms with Crippen LogP contribution in [-0.4, -0.2) is 49.3 Å². The van der Waals surface area contributed by atoms with E-state index in [1.807, 2.05) is 97.1 Å². The molecule has 0 bridgehead atoms. The van der Waals surface area contributed by atoms with E-state index in [1.54, 1.807) is 7.11 Å². The Kier molecular flexibility index (Phi) is 11.1. The third-order valence-corrected chi connectivity index (χ3v) is 8.21. The number of rotatable bonds is 14. The van der Waals surface area contributed by atoms with Crippen LogP contribution in [-0.2, 0) is 22.4 Å². The first-order valence-corrected chi connectivity index (χ1v) is 15.8. The maximum Gasteiger partial charge on any atom is 0.266 e. The van der Waals surface area contributed by atoms with Crippen molar-refractivity contribution in [3.63, 3.8) is 0 Å². The number of hydrogen-bond acceptors (Lipinski definition) is 7. The number of hydrogen-bond donors (Lipinski definition) is 3. The molecule has 0 radical (unpaired) electrons. The fraction of sp³-hybridized carbons (Fsp3) is 0.257. The molecule has 0 aromatic heterocycles. The highest BCUT2D eigenvalue weighted by Crippen LogP contribution is 2.43. The van der Waals surface area contributed by atoms with E-state index in [2.05, 4.69) is 26.8 Å². The van der Waals surface area contributed by atoms with Crippen molar-refractivity contribution in [2.75, 3.05) is 26.9 Å². The minimum atomic E-state index is -1.37. The second-order valence-electron chi connectivity index (χ2n) is 10.6. The lowest BCUT2D eigenvalue weighted by Gasteiger charge is -2.31. The second-order valence-corrected chi connectivity index (χ2v) is 12.0. The normalized spacial score (nSPS) is 17.3. The van der Waals surface area contributed by atoms with E-state index in [1.165, 1.54) is 0 Å². The minimum absolute atomic E-state index is 0.0619. The van der Waals surface area contributed by atoms with Gasteiger partial charge < -0.3 is 19.3 Å². The van der Waals surface area contributed by atoms with Gasteiger partial charge in [-0.25, -0.2) is 10.4 Å². The van der Waals surface area contributed by atoms with Gasteiger partial charge in [-0.15, -0.1) is 0 Å². The van der Waals surface area contributed by atoms with E-state index in [9.17, 15) is 4.79 Å². The van der Waals surface area contributed by atoms with Crippen LogP contribution in [0.1, 0.15) is 34.8 Å². The smallest absolute Gasteiger partial charge is 0.266 e. The number of halogens is 2. The molecule has 0 spiro atoms. The number of aliphatic hydroxyl groups excluding tert-OH is 1. The summed E-state index contributed by atoms with van der Waals surface area (Å²) in [6, 6.07) is 30.3. The lowest BCUT2D eigenvalue weighted by atomic mass is 9.82. The highest BCUT2D eigenvalue weighted by molar-refractivity contribution is 9.10. The summed E-state index contributed by atoms with van der Waals surface area (Å²) in [5.74, 6) is 1.32. The Morgan fingerprint density at radius 3 is 2.51 bits per heavy atom. The molecule has 45 heavy (non-hydrogen) atoms. The maximum atomic E-state index is 14.4. The summed E-state index contributed by atoms with van der Waals surface area (Å²) < 4.78 is 18.8. The predicted octanol–water partition coefficient (Wildman–Crippen LogP) is 6.24. The van der Waals surface area contributed by atoms with Crippen LogP contribution in [0.4, 0.5) is 0 Å². The van der Waals surface area contributed by atoms with Crippen LogP contribution < -0.4 is 20.3 Å². The average molecular weight is 693 g/mol. The van der Waals surface area contributed by atoms with Gasteiger partial charge in [-0.1, -0.05) is 63.9 Å². The largest absolute Gasteiger partial charge is 0.497 e. The molecule has 3 N–H and O–H groups in total. The molecule has 0 saturated heterocycles. The van der Waals surface area contributed by atoms with Crippen LogP contribution in [0.2, 0.25) is 5.02 Å². The van der Waals surface area contributed by atoms with E-state index in [0.29, 0.717) is 54.0 Å². The van der Waals surface area contributed by atoms with E-state index in [4.69, 9.17) is 35.9 Å². The number of hydrazine groups is 1. The molecule has 0 aliphatic carbocycles. The van der Waals surface area contributed by atoms with E-state index < -0.39 is 11.6 Å². The summed E-state index contributed by atoms with van der Waals surface area (Å²) in [7, 11) is 1.60. The van der Waals surface area contributed by atoms with Crippen LogP contribution in [0.5, 0.6) is 11.5 Å². The Labute approximate surface area is 276 Å². The van der Waals surface area contributed by atoms with Crippen molar-refractivity contribution < 1.29 is 24.1 Å². The summed E-state index contributed by atoms with van der Waals surface area (Å²) in [4.78, 5) is 19.4. The third-order valence-electron chi connectivity index (χ3n) is 7.44. The highest BCUT2D eigenvalue weighted by Gasteiger charge is 2.53. The highest BCUT2D eigenvalue weighted by atomic mass is 79.9. The van der Waals surface area contributed by atoms with E-state index in [0.717, 1.165) is 21.2 Å². The van der Waals surface area contributed by atoms with Crippen molar-refractivity contribution >= 4 is 39.3 Å². The van der Waals surface area contributed by atoms with Crippen LogP contribution in [0.25, 0.3) is 0 Å². The maximum absolute atomic E-state index is 14.4. The number of carbonyl (C=O) groups excluding carboxylic acids is 1. The molecule has 0 saturated carbocycles. The number of benzene rings is 4.